The molecule has 0 aliphatic heterocycles. The number of aryl methyl sites for hydroxylation is 2. The number of benzene rings is 1. The quantitative estimate of drug-likeness (QED) is 0.771. The first kappa shape index (κ1) is 12.3. The monoisotopic (exact) mass is 287 g/mol. The molecule has 3 nitrogen and oxygen atoms in total. The van der Waals surface area contributed by atoms with E-state index in [1.54, 1.807) is 11.3 Å². The van der Waals surface area contributed by atoms with E-state index >= 15 is 0 Å². The highest BCUT2D eigenvalue weighted by Gasteiger charge is 2.12. The van der Waals surface area contributed by atoms with Gasteiger partial charge in [-0.15, -0.1) is 11.3 Å². The first-order valence-corrected chi connectivity index (χ1v) is 7.59. The third-order valence-corrected chi connectivity index (χ3v) is 4.75. The molecule has 2 heterocycles. The minimum atomic E-state index is 0.595. The first-order valence-electron chi connectivity index (χ1n) is 5.89. The molecule has 1 aromatic carbocycles. The Balaban J connectivity index is 1.99. The largest absolute Gasteiger partial charge is 0.375 e. The highest BCUT2D eigenvalue weighted by Crippen LogP contribution is 2.34. The molecule has 0 aliphatic rings. The molecule has 0 amide bonds. The zero-order valence-corrected chi connectivity index (χ0v) is 12.3. The molecular formula is C14H13N3S2. The smallest absolute Gasteiger partial charge is 0.180 e. The van der Waals surface area contributed by atoms with Gasteiger partial charge in [0.15, 0.2) is 5.13 Å². The van der Waals surface area contributed by atoms with Crippen molar-refractivity contribution in [2.75, 3.05) is 5.73 Å². The molecule has 2 aromatic heterocycles. The molecule has 0 unspecified atom stereocenters. The molecule has 19 heavy (non-hydrogen) atoms. The predicted octanol–water partition coefficient (Wildman–Crippen LogP) is 4.13. The predicted molar refractivity (Wildman–Crippen MR) is 82.5 cm³/mol. The average Bonchev–Trinajstić information content (AvgIpc) is 2.97. The fraction of sp³-hybridized carbons (Fsp3) is 0.143. The van der Waals surface area contributed by atoms with Crippen LogP contribution in [0.3, 0.4) is 0 Å². The number of nitrogens with zero attached hydrogens (tertiary/aromatic N) is 2. The topological polar surface area (TPSA) is 51.8 Å². The average molecular weight is 287 g/mol. The van der Waals surface area contributed by atoms with Crippen molar-refractivity contribution in [1.82, 2.24) is 9.97 Å². The summed E-state index contributed by atoms with van der Waals surface area (Å²) in [7, 11) is 0. The van der Waals surface area contributed by atoms with Gasteiger partial charge >= 0.3 is 0 Å². The molecule has 5 heteroatoms. The van der Waals surface area contributed by atoms with E-state index < -0.39 is 0 Å². The highest BCUT2D eigenvalue weighted by molar-refractivity contribution is 7.19. The van der Waals surface area contributed by atoms with E-state index in [2.05, 4.69) is 46.5 Å². The summed E-state index contributed by atoms with van der Waals surface area (Å²) in [4.78, 5) is 9.99. The maximum atomic E-state index is 5.73. The van der Waals surface area contributed by atoms with Crippen molar-refractivity contribution in [2.24, 2.45) is 0 Å². The van der Waals surface area contributed by atoms with Crippen LogP contribution in [0.1, 0.15) is 11.3 Å². The van der Waals surface area contributed by atoms with Gasteiger partial charge in [-0.05, 0) is 13.8 Å². The Hall–Kier alpha value is -1.72. The van der Waals surface area contributed by atoms with E-state index in [0.29, 0.717) is 5.13 Å². The van der Waals surface area contributed by atoms with Crippen molar-refractivity contribution in [3.8, 4) is 21.1 Å². The Morgan fingerprint density at radius 2 is 1.79 bits per heavy atom. The van der Waals surface area contributed by atoms with Crippen LogP contribution < -0.4 is 5.73 Å². The lowest BCUT2D eigenvalue weighted by atomic mass is 10.2. The van der Waals surface area contributed by atoms with E-state index in [1.807, 2.05) is 6.92 Å². The highest BCUT2D eigenvalue weighted by atomic mass is 32.1. The van der Waals surface area contributed by atoms with Crippen LogP contribution in [0.4, 0.5) is 5.13 Å². The van der Waals surface area contributed by atoms with Gasteiger partial charge in [0, 0.05) is 10.9 Å². The number of hydrogen-bond acceptors (Lipinski definition) is 5. The summed E-state index contributed by atoms with van der Waals surface area (Å²) in [6.45, 7) is 4.05. The summed E-state index contributed by atoms with van der Waals surface area (Å²) in [5, 5.41) is 3.69. The number of thiazole rings is 2. The zero-order chi connectivity index (χ0) is 13.4. The van der Waals surface area contributed by atoms with Crippen molar-refractivity contribution < 1.29 is 0 Å². The second-order valence-corrected chi connectivity index (χ2v) is 6.26. The van der Waals surface area contributed by atoms with E-state index in [9.17, 15) is 0 Å². The maximum Gasteiger partial charge on any atom is 0.180 e. The van der Waals surface area contributed by atoms with Crippen molar-refractivity contribution in [2.45, 2.75) is 13.8 Å². The van der Waals surface area contributed by atoms with Crippen molar-refractivity contribution in [1.29, 1.82) is 0 Å². The van der Waals surface area contributed by atoms with Crippen LogP contribution in [-0.4, -0.2) is 9.97 Å². The SMILES string of the molecule is Cc1ccc(-c2nc(-c3sc(N)nc3C)cs2)cc1. The normalized spacial score (nSPS) is 10.8. The number of nitrogen functional groups attached to an aromatic ring is 1. The van der Waals surface area contributed by atoms with E-state index in [-0.39, 0.29) is 0 Å². The minimum absolute atomic E-state index is 0.595. The lowest BCUT2D eigenvalue weighted by Gasteiger charge is -1.96. The van der Waals surface area contributed by atoms with E-state index in [1.165, 1.54) is 16.9 Å². The first-order chi connectivity index (χ1) is 9.13. The zero-order valence-electron chi connectivity index (χ0n) is 10.7. The Morgan fingerprint density at radius 1 is 1.05 bits per heavy atom. The maximum absolute atomic E-state index is 5.73. The summed E-state index contributed by atoms with van der Waals surface area (Å²) in [6, 6.07) is 8.41. The third-order valence-electron chi connectivity index (χ3n) is 2.85. The number of nitrogens with two attached hydrogens (primary N) is 1. The fourth-order valence-electron chi connectivity index (χ4n) is 1.86. The summed E-state index contributed by atoms with van der Waals surface area (Å²) in [6.07, 6.45) is 0. The fourth-order valence-corrected chi connectivity index (χ4v) is 3.55. The molecule has 3 aromatic rings. The summed E-state index contributed by atoms with van der Waals surface area (Å²) in [5.41, 5.74) is 10.1. The van der Waals surface area contributed by atoms with Gasteiger partial charge in [-0.3, -0.25) is 0 Å². The molecule has 3 rings (SSSR count). The minimum Gasteiger partial charge on any atom is -0.375 e. The van der Waals surface area contributed by atoms with Crippen molar-refractivity contribution in [3.05, 3.63) is 40.9 Å². The van der Waals surface area contributed by atoms with Gasteiger partial charge in [0.1, 0.15) is 5.01 Å². The molecule has 0 bridgehead atoms. The van der Waals surface area contributed by atoms with Crippen LogP contribution in [0.2, 0.25) is 0 Å². The molecule has 0 saturated carbocycles. The van der Waals surface area contributed by atoms with Crippen LogP contribution in [0, 0.1) is 13.8 Å². The van der Waals surface area contributed by atoms with Gasteiger partial charge in [0.05, 0.1) is 16.3 Å². The van der Waals surface area contributed by atoms with Gasteiger partial charge in [-0.25, -0.2) is 9.97 Å². The van der Waals surface area contributed by atoms with Crippen molar-refractivity contribution >= 4 is 27.8 Å². The van der Waals surface area contributed by atoms with Gasteiger partial charge in [-0.1, -0.05) is 41.2 Å². The van der Waals surface area contributed by atoms with E-state index in [4.69, 9.17) is 5.73 Å². The Kier molecular flexibility index (Phi) is 3.08. The number of hydrogen-bond donors (Lipinski definition) is 1. The molecule has 0 radical (unpaired) electrons. The van der Waals surface area contributed by atoms with E-state index in [0.717, 1.165) is 26.8 Å². The molecule has 0 aliphatic carbocycles. The number of rotatable bonds is 2. The Labute approximate surface area is 119 Å². The Bertz CT molecular complexity index is 711. The second kappa shape index (κ2) is 4.75. The number of anilines is 1. The standard InChI is InChI=1S/C14H13N3S2/c1-8-3-5-10(6-4-8)13-17-11(7-18-13)12-9(2)16-14(15)19-12/h3-7H,1-2H3,(H2,15,16). The third kappa shape index (κ3) is 2.39. The molecule has 96 valence electrons. The molecular weight excluding hydrogens is 274 g/mol. The summed E-state index contributed by atoms with van der Waals surface area (Å²) in [5.74, 6) is 0. The van der Waals surface area contributed by atoms with Crippen LogP contribution in [0.15, 0.2) is 29.6 Å². The van der Waals surface area contributed by atoms with Gasteiger partial charge in [0.25, 0.3) is 0 Å². The molecule has 0 spiro atoms. The molecule has 2 N–H and O–H groups in total. The van der Waals surface area contributed by atoms with Gasteiger partial charge in [-0.2, -0.15) is 0 Å². The Morgan fingerprint density at radius 3 is 2.42 bits per heavy atom. The second-order valence-electron chi connectivity index (χ2n) is 4.37. The van der Waals surface area contributed by atoms with Crippen LogP contribution in [-0.2, 0) is 0 Å². The van der Waals surface area contributed by atoms with Gasteiger partial charge in [0.2, 0.25) is 0 Å². The van der Waals surface area contributed by atoms with Crippen LogP contribution in [0.5, 0.6) is 0 Å². The molecule has 0 fully saturated rings. The lowest BCUT2D eigenvalue weighted by molar-refractivity contribution is 1.26. The lowest BCUT2D eigenvalue weighted by Crippen LogP contribution is -1.81. The summed E-state index contributed by atoms with van der Waals surface area (Å²) >= 11 is 3.14. The van der Waals surface area contributed by atoms with Crippen LogP contribution in [0.25, 0.3) is 21.1 Å². The summed E-state index contributed by atoms with van der Waals surface area (Å²) < 4.78 is 0. The molecule has 0 atom stereocenters. The van der Waals surface area contributed by atoms with Crippen LogP contribution >= 0.6 is 22.7 Å². The van der Waals surface area contributed by atoms with Gasteiger partial charge < -0.3 is 5.73 Å². The number of aromatic nitrogens is 2. The van der Waals surface area contributed by atoms with Crippen molar-refractivity contribution in [3.63, 3.8) is 0 Å². The molecule has 0 saturated heterocycles.